The average Bonchev–Trinajstić information content (AvgIpc) is 2.62. The van der Waals surface area contributed by atoms with Gasteiger partial charge < -0.3 is 20.1 Å². The van der Waals surface area contributed by atoms with Crippen molar-refractivity contribution >= 4 is 29.1 Å². The van der Waals surface area contributed by atoms with Gasteiger partial charge in [0.2, 0.25) is 5.91 Å². The number of hydrogen-bond donors (Lipinski definition) is 2. The van der Waals surface area contributed by atoms with Gasteiger partial charge in [0.1, 0.15) is 17.5 Å². The normalized spacial score (nSPS) is 11.4. The number of carbonyl (C=O) groups excluding carboxylic acids is 2. The van der Waals surface area contributed by atoms with Gasteiger partial charge >= 0.3 is 0 Å². The van der Waals surface area contributed by atoms with Gasteiger partial charge in [0.05, 0.1) is 24.9 Å². The zero-order chi connectivity index (χ0) is 18.4. The number of anilines is 1. The summed E-state index contributed by atoms with van der Waals surface area (Å²) in [5.74, 6) is 0.102. The molecule has 25 heavy (non-hydrogen) atoms. The predicted molar refractivity (Wildman–Crippen MR) is 96.6 cm³/mol. The van der Waals surface area contributed by atoms with Crippen LogP contribution in [0.2, 0.25) is 5.02 Å². The Morgan fingerprint density at radius 3 is 2.28 bits per heavy atom. The summed E-state index contributed by atoms with van der Waals surface area (Å²) in [4.78, 5) is 24.5. The molecule has 7 heteroatoms. The lowest BCUT2D eigenvalue weighted by molar-refractivity contribution is -0.117. The second kappa shape index (κ2) is 8.39. The highest BCUT2D eigenvalue weighted by molar-refractivity contribution is 6.32. The Hall–Kier alpha value is -2.73. The van der Waals surface area contributed by atoms with Crippen molar-refractivity contribution in [2.24, 2.45) is 0 Å². The molecule has 0 heterocycles. The standard InChI is InChI=1S/C18H19ClN2O4/c1-11(20-18(23)12-7-5-4-6-8-12)17(22)21-14-9-13(19)15(24-2)10-16(14)25-3/h4-11H,1-3H3,(H,20,23)(H,21,22). The van der Waals surface area contributed by atoms with Gasteiger partial charge in [0.15, 0.2) is 0 Å². The number of rotatable bonds is 6. The first-order chi connectivity index (χ1) is 12.0. The molecule has 6 nitrogen and oxygen atoms in total. The highest BCUT2D eigenvalue weighted by Crippen LogP contribution is 2.35. The average molecular weight is 363 g/mol. The number of hydrogen-bond acceptors (Lipinski definition) is 4. The Morgan fingerprint density at radius 1 is 1.04 bits per heavy atom. The number of amides is 2. The van der Waals surface area contributed by atoms with Gasteiger partial charge in [-0.05, 0) is 25.1 Å². The van der Waals surface area contributed by atoms with Crippen LogP contribution in [0.4, 0.5) is 5.69 Å². The molecule has 0 aliphatic rings. The summed E-state index contributed by atoms with van der Waals surface area (Å²) in [6, 6.07) is 11.0. The molecule has 0 aliphatic heterocycles. The van der Waals surface area contributed by atoms with Crippen molar-refractivity contribution in [1.82, 2.24) is 5.32 Å². The first-order valence-electron chi connectivity index (χ1n) is 7.54. The van der Waals surface area contributed by atoms with Crippen LogP contribution >= 0.6 is 11.6 Å². The van der Waals surface area contributed by atoms with Crippen LogP contribution in [-0.2, 0) is 4.79 Å². The van der Waals surface area contributed by atoms with E-state index < -0.39 is 11.9 Å². The molecule has 2 rings (SSSR count). The Labute approximate surface area is 151 Å². The third-order valence-corrected chi connectivity index (χ3v) is 3.80. The molecule has 2 N–H and O–H groups in total. The summed E-state index contributed by atoms with van der Waals surface area (Å²) < 4.78 is 10.3. The van der Waals surface area contributed by atoms with Crippen molar-refractivity contribution in [3.05, 3.63) is 53.1 Å². The van der Waals surface area contributed by atoms with Crippen LogP contribution < -0.4 is 20.1 Å². The van der Waals surface area contributed by atoms with E-state index in [1.807, 2.05) is 6.07 Å². The van der Waals surface area contributed by atoms with Crippen molar-refractivity contribution < 1.29 is 19.1 Å². The Kier molecular flexibility index (Phi) is 6.25. The minimum absolute atomic E-state index is 0.331. The van der Waals surface area contributed by atoms with Crippen LogP contribution in [-0.4, -0.2) is 32.1 Å². The fourth-order valence-corrected chi connectivity index (χ4v) is 2.37. The number of halogens is 1. The molecular formula is C18H19ClN2O4. The smallest absolute Gasteiger partial charge is 0.251 e. The van der Waals surface area contributed by atoms with E-state index in [2.05, 4.69) is 10.6 Å². The fraction of sp³-hybridized carbons (Fsp3) is 0.222. The second-order valence-corrected chi connectivity index (χ2v) is 5.64. The van der Waals surface area contributed by atoms with E-state index in [1.54, 1.807) is 37.3 Å². The van der Waals surface area contributed by atoms with Crippen molar-refractivity contribution in [2.75, 3.05) is 19.5 Å². The van der Waals surface area contributed by atoms with Crippen molar-refractivity contribution in [1.29, 1.82) is 0 Å². The largest absolute Gasteiger partial charge is 0.495 e. The summed E-state index contributed by atoms with van der Waals surface area (Å²) in [6.45, 7) is 1.59. The molecule has 0 aliphatic carbocycles. The molecule has 0 bridgehead atoms. The SMILES string of the molecule is COc1cc(OC)c(NC(=O)C(C)NC(=O)c2ccccc2)cc1Cl. The van der Waals surface area contributed by atoms with Crippen LogP contribution in [0, 0.1) is 0 Å². The van der Waals surface area contributed by atoms with E-state index in [0.717, 1.165) is 0 Å². The number of benzene rings is 2. The highest BCUT2D eigenvalue weighted by Gasteiger charge is 2.19. The molecular weight excluding hydrogens is 344 g/mol. The molecule has 1 unspecified atom stereocenters. The van der Waals surface area contributed by atoms with Gasteiger partial charge in [-0.15, -0.1) is 0 Å². The maximum atomic E-state index is 12.4. The summed E-state index contributed by atoms with van der Waals surface area (Å²) >= 11 is 6.08. The van der Waals surface area contributed by atoms with E-state index >= 15 is 0 Å². The monoisotopic (exact) mass is 362 g/mol. The lowest BCUT2D eigenvalue weighted by atomic mass is 10.2. The molecule has 0 saturated heterocycles. The number of carbonyl (C=O) groups is 2. The van der Waals surface area contributed by atoms with Gasteiger partial charge in [-0.2, -0.15) is 0 Å². The minimum Gasteiger partial charge on any atom is -0.495 e. The van der Waals surface area contributed by atoms with E-state index in [-0.39, 0.29) is 5.91 Å². The second-order valence-electron chi connectivity index (χ2n) is 5.24. The van der Waals surface area contributed by atoms with Crippen molar-refractivity contribution in [3.63, 3.8) is 0 Å². The molecule has 2 aromatic rings. The quantitative estimate of drug-likeness (QED) is 0.827. The van der Waals surface area contributed by atoms with Gasteiger partial charge in [-0.1, -0.05) is 29.8 Å². The van der Waals surface area contributed by atoms with Crippen LogP contribution in [0.15, 0.2) is 42.5 Å². The first-order valence-corrected chi connectivity index (χ1v) is 7.92. The molecule has 0 spiro atoms. The topological polar surface area (TPSA) is 76.7 Å². The fourth-order valence-electron chi connectivity index (χ4n) is 2.13. The minimum atomic E-state index is -0.752. The molecule has 0 saturated carbocycles. The van der Waals surface area contributed by atoms with Gasteiger partial charge in [0.25, 0.3) is 5.91 Å². The zero-order valence-corrected chi connectivity index (χ0v) is 14.9. The molecule has 2 aromatic carbocycles. The lowest BCUT2D eigenvalue weighted by Crippen LogP contribution is -2.41. The van der Waals surface area contributed by atoms with E-state index in [1.165, 1.54) is 20.3 Å². The number of nitrogens with one attached hydrogen (secondary N) is 2. The van der Waals surface area contributed by atoms with Crippen molar-refractivity contribution in [3.8, 4) is 11.5 Å². The molecule has 0 radical (unpaired) electrons. The summed E-state index contributed by atoms with van der Waals surface area (Å²) in [5, 5.41) is 5.67. The van der Waals surface area contributed by atoms with Gasteiger partial charge in [-0.3, -0.25) is 9.59 Å². The predicted octanol–water partition coefficient (Wildman–Crippen LogP) is 3.11. The maximum Gasteiger partial charge on any atom is 0.251 e. The molecule has 132 valence electrons. The van der Waals surface area contributed by atoms with E-state index in [4.69, 9.17) is 21.1 Å². The summed E-state index contributed by atoms with van der Waals surface area (Å²) in [7, 11) is 2.96. The van der Waals surface area contributed by atoms with E-state index in [0.29, 0.717) is 27.8 Å². The van der Waals surface area contributed by atoms with Gasteiger partial charge in [-0.25, -0.2) is 0 Å². The van der Waals surface area contributed by atoms with Crippen LogP contribution in [0.3, 0.4) is 0 Å². The molecule has 0 fully saturated rings. The lowest BCUT2D eigenvalue weighted by Gasteiger charge is -2.17. The summed E-state index contributed by atoms with van der Waals surface area (Å²) in [5.41, 5.74) is 0.867. The molecule has 1 atom stereocenters. The van der Waals surface area contributed by atoms with E-state index in [9.17, 15) is 9.59 Å². The highest BCUT2D eigenvalue weighted by atomic mass is 35.5. The van der Waals surface area contributed by atoms with Crippen molar-refractivity contribution in [2.45, 2.75) is 13.0 Å². The Balaban J connectivity index is 2.08. The van der Waals surface area contributed by atoms with Crippen LogP contribution in [0.5, 0.6) is 11.5 Å². The summed E-state index contributed by atoms with van der Waals surface area (Å²) in [6.07, 6.45) is 0. The number of methoxy groups -OCH3 is 2. The Bertz CT molecular complexity index is 765. The molecule has 2 amide bonds. The third-order valence-electron chi connectivity index (χ3n) is 3.51. The maximum absolute atomic E-state index is 12.4. The van der Waals surface area contributed by atoms with Crippen LogP contribution in [0.1, 0.15) is 17.3 Å². The third kappa shape index (κ3) is 4.64. The molecule has 0 aromatic heterocycles. The zero-order valence-electron chi connectivity index (χ0n) is 14.1. The Morgan fingerprint density at radius 2 is 1.68 bits per heavy atom. The number of ether oxygens (including phenoxy) is 2. The van der Waals surface area contributed by atoms with Crippen LogP contribution in [0.25, 0.3) is 0 Å². The first kappa shape index (κ1) is 18.6. The van der Waals surface area contributed by atoms with Gasteiger partial charge in [0, 0.05) is 11.6 Å².